The Labute approximate surface area is 163 Å². The Bertz CT molecular complexity index is 887. The van der Waals surface area contributed by atoms with Gasteiger partial charge in [-0.1, -0.05) is 6.07 Å². The Morgan fingerprint density at radius 2 is 1.75 bits per heavy atom. The summed E-state index contributed by atoms with van der Waals surface area (Å²) in [5.41, 5.74) is 2.98. The molecule has 148 valence electrons. The number of ether oxygens (including phenoxy) is 1. The molecule has 0 amide bonds. The molecule has 1 heterocycles. The van der Waals surface area contributed by atoms with Crippen molar-refractivity contribution < 1.29 is 23.4 Å². The molecule has 1 saturated heterocycles. The van der Waals surface area contributed by atoms with Crippen LogP contribution in [-0.2, 0) is 4.74 Å². The van der Waals surface area contributed by atoms with Gasteiger partial charge in [-0.15, -0.1) is 0 Å². The largest absolute Gasteiger partial charge is 0.478 e. The van der Waals surface area contributed by atoms with Crippen molar-refractivity contribution in [3.63, 3.8) is 0 Å². The Kier molecular flexibility index (Phi) is 6.09. The molecule has 1 fully saturated rings. The number of carboxylic acids is 1. The van der Waals surface area contributed by atoms with Crippen LogP contribution in [0.3, 0.4) is 0 Å². The van der Waals surface area contributed by atoms with Crippen LogP contribution in [0.4, 0.5) is 14.5 Å². The SMILES string of the molecule is C/C(=C(/C1CCOCC1)N(C)c1ccc(F)cc1)c1ccc(F)c(C(=O)O)c1. The Balaban J connectivity index is 2.10. The van der Waals surface area contributed by atoms with Gasteiger partial charge in [0.15, 0.2) is 0 Å². The van der Waals surface area contributed by atoms with E-state index in [1.807, 2.05) is 18.9 Å². The zero-order valence-corrected chi connectivity index (χ0v) is 15.9. The molecule has 0 saturated carbocycles. The van der Waals surface area contributed by atoms with Crippen LogP contribution in [0.2, 0.25) is 0 Å². The van der Waals surface area contributed by atoms with Gasteiger partial charge in [0.05, 0.1) is 5.56 Å². The van der Waals surface area contributed by atoms with E-state index in [0.29, 0.717) is 18.8 Å². The molecular formula is C22H23F2NO3. The van der Waals surface area contributed by atoms with Crippen LogP contribution in [0.25, 0.3) is 5.57 Å². The third-order valence-corrected chi connectivity index (χ3v) is 5.20. The number of benzene rings is 2. The summed E-state index contributed by atoms with van der Waals surface area (Å²) in [5, 5.41) is 9.25. The van der Waals surface area contributed by atoms with E-state index >= 15 is 0 Å². The van der Waals surface area contributed by atoms with Gasteiger partial charge in [-0.25, -0.2) is 13.6 Å². The van der Waals surface area contributed by atoms with E-state index in [4.69, 9.17) is 4.74 Å². The number of hydrogen-bond donors (Lipinski definition) is 1. The van der Waals surface area contributed by atoms with Crippen molar-refractivity contribution in [2.45, 2.75) is 19.8 Å². The molecule has 6 heteroatoms. The quantitative estimate of drug-likeness (QED) is 0.788. The second kappa shape index (κ2) is 8.52. The smallest absolute Gasteiger partial charge is 0.338 e. The molecule has 0 unspecified atom stereocenters. The standard InChI is InChI=1S/C22H23F2NO3/c1-14(16-3-8-20(24)19(13-16)22(26)27)21(15-9-11-28-12-10-15)25(2)18-6-4-17(23)5-7-18/h3-8,13,15H,9-12H2,1-2H3,(H,26,27)/b21-14+. The Hall–Kier alpha value is -2.73. The first-order valence-corrected chi connectivity index (χ1v) is 9.19. The molecule has 0 bridgehead atoms. The summed E-state index contributed by atoms with van der Waals surface area (Å²) < 4.78 is 32.7. The molecule has 0 atom stereocenters. The highest BCUT2D eigenvalue weighted by molar-refractivity contribution is 5.89. The maximum Gasteiger partial charge on any atom is 0.338 e. The van der Waals surface area contributed by atoms with E-state index in [1.54, 1.807) is 18.2 Å². The van der Waals surface area contributed by atoms with Crippen LogP contribution in [0.5, 0.6) is 0 Å². The third-order valence-electron chi connectivity index (χ3n) is 5.20. The van der Waals surface area contributed by atoms with Gasteiger partial charge >= 0.3 is 5.97 Å². The molecule has 4 nitrogen and oxygen atoms in total. The number of allylic oxidation sites excluding steroid dienone is 2. The van der Waals surface area contributed by atoms with Crippen molar-refractivity contribution in [1.82, 2.24) is 0 Å². The second-order valence-corrected chi connectivity index (χ2v) is 6.93. The van der Waals surface area contributed by atoms with Gasteiger partial charge in [0, 0.05) is 37.6 Å². The minimum Gasteiger partial charge on any atom is -0.478 e. The molecule has 1 aliphatic rings. The topological polar surface area (TPSA) is 49.8 Å². The highest BCUT2D eigenvalue weighted by atomic mass is 19.1. The first-order valence-electron chi connectivity index (χ1n) is 9.19. The number of carbonyl (C=O) groups is 1. The molecule has 0 aliphatic carbocycles. The molecule has 1 aliphatic heterocycles. The van der Waals surface area contributed by atoms with Crippen molar-refractivity contribution >= 4 is 17.2 Å². The molecule has 1 N–H and O–H groups in total. The van der Waals surface area contributed by atoms with Crippen molar-refractivity contribution in [2.24, 2.45) is 5.92 Å². The van der Waals surface area contributed by atoms with Crippen LogP contribution in [-0.4, -0.2) is 31.3 Å². The summed E-state index contributed by atoms with van der Waals surface area (Å²) in [6.07, 6.45) is 1.65. The average Bonchev–Trinajstić information content (AvgIpc) is 2.69. The summed E-state index contributed by atoms with van der Waals surface area (Å²) in [7, 11) is 1.91. The molecule has 3 rings (SSSR count). The summed E-state index contributed by atoms with van der Waals surface area (Å²) in [6, 6.07) is 10.4. The number of rotatable bonds is 5. The lowest BCUT2D eigenvalue weighted by Crippen LogP contribution is -2.28. The summed E-state index contributed by atoms with van der Waals surface area (Å²) in [5.74, 6) is -2.17. The van der Waals surface area contributed by atoms with E-state index < -0.39 is 11.8 Å². The lowest BCUT2D eigenvalue weighted by atomic mass is 9.89. The van der Waals surface area contributed by atoms with Gasteiger partial charge in [-0.05, 0) is 67.3 Å². The first kappa shape index (κ1) is 20.0. The first-order chi connectivity index (χ1) is 13.4. The van der Waals surface area contributed by atoms with Crippen LogP contribution < -0.4 is 4.90 Å². The highest BCUT2D eigenvalue weighted by Gasteiger charge is 2.25. The number of aromatic carboxylic acids is 1. The van der Waals surface area contributed by atoms with Gasteiger partial charge in [0.1, 0.15) is 11.6 Å². The minimum atomic E-state index is -1.30. The van der Waals surface area contributed by atoms with Crippen LogP contribution in [0.15, 0.2) is 48.2 Å². The van der Waals surface area contributed by atoms with Gasteiger partial charge < -0.3 is 14.7 Å². The molecule has 0 spiro atoms. The number of carboxylic acid groups (broad SMARTS) is 1. The van der Waals surface area contributed by atoms with Crippen molar-refractivity contribution in [3.05, 3.63) is 70.9 Å². The van der Waals surface area contributed by atoms with Gasteiger partial charge in [0.2, 0.25) is 0 Å². The molecule has 2 aromatic carbocycles. The van der Waals surface area contributed by atoms with Crippen LogP contribution in [0, 0.1) is 17.6 Å². The Morgan fingerprint density at radius 3 is 2.36 bits per heavy atom. The van der Waals surface area contributed by atoms with E-state index in [2.05, 4.69) is 0 Å². The van der Waals surface area contributed by atoms with Crippen molar-refractivity contribution in [2.75, 3.05) is 25.2 Å². The fourth-order valence-corrected chi connectivity index (χ4v) is 3.68. The van der Waals surface area contributed by atoms with E-state index in [1.165, 1.54) is 24.3 Å². The maximum absolute atomic E-state index is 13.8. The van der Waals surface area contributed by atoms with Crippen LogP contribution >= 0.6 is 0 Å². The van der Waals surface area contributed by atoms with Crippen molar-refractivity contribution in [3.8, 4) is 0 Å². The summed E-state index contributed by atoms with van der Waals surface area (Å²) in [4.78, 5) is 13.3. The Morgan fingerprint density at radius 1 is 1.11 bits per heavy atom. The zero-order chi connectivity index (χ0) is 20.3. The number of hydrogen-bond acceptors (Lipinski definition) is 3. The van der Waals surface area contributed by atoms with Gasteiger partial charge in [-0.3, -0.25) is 0 Å². The highest BCUT2D eigenvalue weighted by Crippen LogP contribution is 2.35. The predicted octanol–water partition coefficient (Wildman–Crippen LogP) is 4.96. The lowest BCUT2D eigenvalue weighted by Gasteiger charge is -2.34. The van der Waals surface area contributed by atoms with Crippen LogP contribution in [0.1, 0.15) is 35.7 Å². The zero-order valence-electron chi connectivity index (χ0n) is 15.9. The van der Waals surface area contributed by atoms with Gasteiger partial charge in [-0.2, -0.15) is 0 Å². The lowest BCUT2D eigenvalue weighted by molar-refractivity contribution is 0.0691. The maximum atomic E-state index is 13.8. The van der Waals surface area contributed by atoms with E-state index in [9.17, 15) is 18.7 Å². The third kappa shape index (κ3) is 4.22. The number of halogens is 2. The fourth-order valence-electron chi connectivity index (χ4n) is 3.68. The number of anilines is 1. The monoisotopic (exact) mass is 387 g/mol. The molecule has 0 aromatic heterocycles. The summed E-state index contributed by atoms with van der Waals surface area (Å²) >= 11 is 0. The van der Waals surface area contributed by atoms with Crippen molar-refractivity contribution in [1.29, 1.82) is 0 Å². The molecular weight excluding hydrogens is 364 g/mol. The molecule has 0 radical (unpaired) electrons. The fraction of sp³-hybridized carbons (Fsp3) is 0.318. The molecule has 28 heavy (non-hydrogen) atoms. The van der Waals surface area contributed by atoms with Gasteiger partial charge in [0.25, 0.3) is 0 Å². The normalized spacial score (nSPS) is 15.9. The number of nitrogens with zero attached hydrogens (tertiary/aromatic N) is 1. The van der Waals surface area contributed by atoms with E-state index in [0.717, 1.165) is 29.8 Å². The molecule has 2 aromatic rings. The second-order valence-electron chi connectivity index (χ2n) is 6.93. The van der Waals surface area contributed by atoms with E-state index in [-0.39, 0.29) is 17.3 Å². The minimum absolute atomic E-state index is 0.196. The summed E-state index contributed by atoms with van der Waals surface area (Å²) in [6.45, 7) is 3.19. The predicted molar refractivity (Wildman–Crippen MR) is 104 cm³/mol. The average molecular weight is 387 g/mol.